The van der Waals surface area contributed by atoms with Crippen LogP contribution in [-0.2, 0) is 19.6 Å². The van der Waals surface area contributed by atoms with Gasteiger partial charge in [0.05, 0.1) is 0 Å². The molecule has 2 aliphatic heterocycles. The van der Waals surface area contributed by atoms with Crippen LogP contribution in [0.2, 0.25) is 0 Å². The molecule has 2 aromatic rings. The molecule has 2 fully saturated rings. The zero-order chi connectivity index (χ0) is 20.6. The summed E-state index contributed by atoms with van der Waals surface area (Å²) in [5.74, 6) is 0.00676. The largest absolute Gasteiger partial charge is 0.348 e. The zero-order valence-electron chi connectivity index (χ0n) is 18.1. The Kier molecular flexibility index (Phi) is 7.54. The Morgan fingerprint density at radius 1 is 0.700 bits per heavy atom. The molecular formula is C26H35N3O. The fourth-order valence-corrected chi connectivity index (χ4v) is 4.66. The molecule has 0 spiro atoms. The van der Waals surface area contributed by atoms with Gasteiger partial charge >= 0.3 is 0 Å². The minimum absolute atomic E-state index is 0.00676. The summed E-state index contributed by atoms with van der Waals surface area (Å²) in [5.41, 5.74) is 4.58. The summed E-state index contributed by atoms with van der Waals surface area (Å²) in [6.07, 6.45) is 7.92. The van der Waals surface area contributed by atoms with Gasteiger partial charge in [0, 0.05) is 25.2 Å². The van der Waals surface area contributed by atoms with Crippen molar-refractivity contribution in [3.8, 4) is 0 Å². The van der Waals surface area contributed by atoms with Crippen molar-refractivity contribution in [2.75, 3.05) is 26.2 Å². The number of amides is 1. The van der Waals surface area contributed by atoms with Crippen molar-refractivity contribution in [3.63, 3.8) is 0 Å². The molecule has 4 rings (SSSR count). The Morgan fingerprint density at radius 3 is 1.90 bits per heavy atom. The average Bonchev–Trinajstić information content (AvgIpc) is 2.80. The molecule has 0 unspecified atom stereocenters. The van der Waals surface area contributed by atoms with Gasteiger partial charge in [-0.25, -0.2) is 0 Å². The van der Waals surface area contributed by atoms with Gasteiger partial charge in [-0.3, -0.25) is 14.6 Å². The molecule has 0 atom stereocenters. The van der Waals surface area contributed by atoms with Crippen molar-refractivity contribution >= 4 is 5.91 Å². The number of hydrogen-bond donors (Lipinski definition) is 1. The minimum Gasteiger partial charge on any atom is -0.348 e. The van der Waals surface area contributed by atoms with Crippen molar-refractivity contribution in [3.05, 3.63) is 70.8 Å². The van der Waals surface area contributed by atoms with Crippen LogP contribution < -0.4 is 5.32 Å². The molecule has 1 N–H and O–H groups in total. The maximum absolute atomic E-state index is 12.7. The Labute approximate surface area is 181 Å². The van der Waals surface area contributed by atoms with Crippen molar-refractivity contribution in [2.24, 2.45) is 0 Å². The van der Waals surface area contributed by atoms with Crippen LogP contribution in [0.15, 0.2) is 48.5 Å². The number of carbonyl (C=O) groups is 1. The highest BCUT2D eigenvalue weighted by molar-refractivity contribution is 5.94. The Balaban J connectivity index is 1.31. The molecule has 0 aromatic heterocycles. The first kappa shape index (κ1) is 21.1. The molecule has 4 heteroatoms. The second kappa shape index (κ2) is 10.7. The highest BCUT2D eigenvalue weighted by Crippen LogP contribution is 2.17. The number of rotatable bonds is 7. The third-order valence-corrected chi connectivity index (χ3v) is 6.47. The molecule has 30 heavy (non-hydrogen) atoms. The molecule has 1 amide bonds. The predicted molar refractivity (Wildman–Crippen MR) is 122 cm³/mol. The monoisotopic (exact) mass is 405 g/mol. The second-order valence-electron chi connectivity index (χ2n) is 8.82. The van der Waals surface area contributed by atoms with Gasteiger partial charge in [0.15, 0.2) is 0 Å². The van der Waals surface area contributed by atoms with Crippen LogP contribution in [0.5, 0.6) is 0 Å². The van der Waals surface area contributed by atoms with Gasteiger partial charge in [0.25, 0.3) is 5.91 Å². The fourth-order valence-electron chi connectivity index (χ4n) is 4.66. The van der Waals surface area contributed by atoms with E-state index in [1.807, 2.05) is 12.1 Å². The number of carbonyl (C=O) groups excluding carboxylic acids is 1. The summed E-state index contributed by atoms with van der Waals surface area (Å²) in [7, 11) is 0. The summed E-state index contributed by atoms with van der Waals surface area (Å²) in [6.45, 7) is 7.31. The lowest BCUT2D eigenvalue weighted by molar-refractivity contribution is 0.0950. The van der Waals surface area contributed by atoms with Crippen LogP contribution in [0.3, 0.4) is 0 Å². The van der Waals surface area contributed by atoms with Gasteiger partial charge in [-0.1, -0.05) is 49.2 Å². The first-order valence-electron chi connectivity index (χ1n) is 11.7. The van der Waals surface area contributed by atoms with E-state index >= 15 is 0 Å². The van der Waals surface area contributed by atoms with Crippen molar-refractivity contribution in [1.82, 2.24) is 15.1 Å². The number of nitrogens with zero attached hydrogens (tertiary/aromatic N) is 2. The van der Waals surface area contributed by atoms with Crippen molar-refractivity contribution in [1.29, 1.82) is 0 Å². The van der Waals surface area contributed by atoms with Gasteiger partial charge in [0.2, 0.25) is 0 Å². The summed E-state index contributed by atoms with van der Waals surface area (Å²) < 4.78 is 0. The van der Waals surface area contributed by atoms with Crippen LogP contribution in [0.25, 0.3) is 0 Å². The van der Waals surface area contributed by atoms with Gasteiger partial charge < -0.3 is 5.32 Å². The lowest BCUT2D eigenvalue weighted by Crippen LogP contribution is -2.30. The number of benzene rings is 2. The third-order valence-electron chi connectivity index (χ3n) is 6.47. The van der Waals surface area contributed by atoms with Crippen LogP contribution in [-0.4, -0.2) is 41.9 Å². The summed E-state index contributed by atoms with van der Waals surface area (Å²) in [6, 6.07) is 16.7. The first-order chi connectivity index (χ1) is 14.8. The predicted octanol–water partition coefficient (Wildman–Crippen LogP) is 4.59. The molecular weight excluding hydrogens is 370 g/mol. The van der Waals surface area contributed by atoms with Crippen LogP contribution in [0.4, 0.5) is 0 Å². The quantitative estimate of drug-likeness (QED) is 0.732. The molecule has 160 valence electrons. The molecule has 0 radical (unpaired) electrons. The topological polar surface area (TPSA) is 35.6 Å². The number of hydrogen-bond acceptors (Lipinski definition) is 3. The van der Waals surface area contributed by atoms with Gasteiger partial charge in [-0.15, -0.1) is 0 Å². The second-order valence-corrected chi connectivity index (χ2v) is 8.82. The van der Waals surface area contributed by atoms with Gasteiger partial charge in [-0.2, -0.15) is 0 Å². The molecule has 2 heterocycles. The van der Waals surface area contributed by atoms with Crippen LogP contribution >= 0.6 is 0 Å². The van der Waals surface area contributed by atoms with E-state index in [4.69, 9.17) is 0 Å². The van der Waals surface area contributed by atoms with Crippen molar-refractivity contribution < 1.29 is 4.79 Å². The summed E-state index contributed by atoms with van der Waals surface area (Å²) in [4.78, 5) is 17.7. The summed E-state index contributed by atoms with van der Waals surface area (Å²) in [5, 5.41) is 3.13. The van der Waals surface area contributed by atoms with Crippen LogP contribution in [0.1, 0.15) is 65.6 Å². The molecule has 0 saturated carbocycles. The fraction of sp³-hybridized carbons (Fsp3) is 0.500. The highest BCUT2D eigenvalue weighted by atomic mass is 16.1. The summed E-state index contributed by atoms with van der Waals surface area (Å²) >= 11 is 0. The lowest BCUT2D eigenvalue weighted by atomic mass is 10.0. The molecule has 2 saturated heterocycles. The standard InChI is InChI=1S/C26H35N3O/c30-26(23-13-11-22(12-14-23)20-28-15-5-1-6-16-28)27-19-24-9-3-4-10-25(24)21-29-17-7-2-8-18-29/h3-4,9-14H,1-2,5-8,15-21H2,(H,27,30). The van der Waals surface area contributed by atoms with E-state index in [-0.39, 0.29) is 5.91 Å². The molecule has 2 aliphatic rings. The minimum atomic E-state index is 0.00676. The number of nitrogens with one attached hydrogen (secondary N) is 1. The lowest BCUT2D eigenvalue weighted by Gasteiger charge is -2.27. The highest BCUT2D eigenvalue weighted by Gasteiger charge is 2.14. The smallest absolute Gasteiger partial charge is 0.251 e. The maximum atomic E-state index is 12.7. The van der Waals surface area contributed by atoms with Gasteiger partial charge in [0.1, 0.15) is 0 Å². The van der Waals surface area contributed by atoms with E-state index in [1.54, 1.807) is 0 Å². The normalized spacial score (nSPS) is 18.3. The Bertz CT molecular complexity index is 805. The van der Waals surface area contributed by atoms with Crippen molar-refractivity contribution in [2.45, 2.75) is 58.2 Å². The molecule has 4 nitrogen and oxygen atoms in total. The first-order valence-corrected chi connectivity index (χ1v) is 11.7. The maximum Gasteiger partial charge on any atom is 0.251 e. The zero-order valence-corrected chi connectivity index (χ0v) is 18.1. The number of piperidine rings is 2. The third kappa shape index (κ3) is 5.93. The van der Waals surface area contributed by atoms with E-state index in [2.05, 4.69) is 51.5 Å². The number of likely N-dealkylation sites (tertiary alicyclic amines) is 2. The van der Waals surface area contributed by atoms with E-state index < -0.39 is 0 Å². The average molecular weight is 406 g/mol. The Hall–Kier alpha value is -2.17. The van der Waals surface area contributed by atoms with Gasteiger partial charge in [-0.05, 0) is 80.7 Å². The molecule has 2 aromatic carbocycles. The Morgan fingerprint density at radius 2 is 1.27 bits per heavy atom. The van der Waals surface area contributed by atoms with E-state index in [1.165, 1.54) is 81.4 Å². The van der Waals surface area contributed by atoms with E-state index in [0.29, 0.717) is 6.54 Å². The van der Waals surface area contributed by atoms with E-state index in [9.17, 15) is 4.79 Å². The van der Waals surface area contributed by atoms with Crippen LogP contribution in [0, 0.1) is 0 Å². The molecule has 0 bridgehead atoms. The SMILES string of the molecule is O=C(NCc1ccccc1CN1CCCCC1)c1ccc(CN2CCCCC2)cc1. The molecule has 0 aliphatic carbocycles. The van der Waals surface area contributed by atoms with E-state index in [0.717, 1.165) is 18.7 Å².